The number of carboxylic acid groups (broad SMARTS) is 1. The molecular formula is C16H15ClO5. The van der Waals surface area contributed by atoms with Gasteiger partial charge in [-0.3, -0.25) is 4.79 Å². The molecule has 0 bridgehead atoms. The Hall–Kier alpha value is -2.03. The maximum Gasteiger partial charge on any atom is 0.338 e. The number of carbonyl (C=O) groups excluding carboxylic acids is 1. The number of aliphatic carboxylic acids is 1. The molecule has 2 atom stereocenters. The Bertz CT molecular complexity index is 639. The molecule has 0 amide bonds. The maximum atomic E-state index is 11.7. The van der Waals surface area contributed by atoms with Crippen LogP contribution in [0.15, 0.2) is 24.3 Å². The fraction of sp³-hybridized carbons (Fsp3) is 0.375. The zero-order valence-electron chi connectivity index (χ0n) is 12.1. The summed E-state index contributed by atoms with van der Waals surface area (Å²) in [5, 5.41) is 9.88. The summed E-state index contributed by atoms with van der Waals surface area (Å²) in [7, 11) is 0. The van der Waals surface area contributed by atoms with Crippen LogP contribution in [0, 0.1) is 17.8 Å². The van der Waals surface area contributed by atoms with E-state index in [4.69, 9.17) is 21.1 Å². The van der Waals surface area contributed by atoms with Gasteiger partial charge in [-0.2, -0.15) is 0 Å². The minimum Gasteiger partial charge on any atom is -0.481 e. The molecule has 0 unspecified atom stereocenters. The van der Waals surface area contributed by atoms with Crippen LogP contribution in [0.25, 0.3) is 0 Å². The number of ether oxygens (including phenoxy) is 2. The van der Waals surface area contributed by atoms with Crippen LogP contribution in [0.3, 0.4) is 0 Å². The second-order valence-corrected chi connectivity index (χ2v) is 5.75. The summed E-state index contributed by atoms with van der Waals surface area (Å²) < 4.78 is 10.3. The second kappa shape index (κ2) is 6.39. The van der Waals surface area contributed by atoms with E-state index in [9.17, 15) is 14.7 Å². The van der Waals surface area contributed by atoms with Gasteiger partial charge in [-0.05, 0) is 24.3 Å². The number of carbonyl (C=O) groups is 2. The molecule has 5 nitrogen and oxygen atoms in total. The second-order valence-electron chi connectivity index (χ2n) is 5.32. The lowest BCUT2D eigenvalue weighted by atomic mass is 9.99. The van der Waals surface area contributed by atoms with Crippen molar-refractivity contribution in [3.63, 3.8) is 0 Å². The molecule has 1 N–H and O–H groups in total. The number of hydrogen-bond acceptors (Lipinski definition) is 4. The Morgan fingerprint density at radius 2 is 2.05 bits per heavy atom. The molecule has 1 aliphatic rings. The summed E-state index contributed by atoms with van der Waals surface area (Å²) >= 11 is 5.77. The molecule has 2 rings (SSSR count). The van der Waals surface area contributed by atoms with Gasteiger partial charge in [-0.25, -0.2) is 4.79 Å². The zero-order chi connectivity index (χ0) is 16.3. The summed E-state index contributed by atoms with van der Waals surface area (Å²) in [5.74, 6) is 1.59. The van der Waals surface area contributed by atoms with Gasteiger partial charge in [-0.15, -0.1) is 0 Å². The van der Waals surface area contributed by atoms with Crippen molar-refractivity contribution >= 4 is 23.5 Å². The van der Waals surface area contributed by atoms with Crippen LogP contribution >= 0.6 is 11.6 Å². The van der Waals surface area contributed by atoms with Gasteiger partial charge in [0.1, 0.15) is 5.92 Å². The number of hydrogen-bond donors (Lipinski definition) is 1. The van der Waals surface area contributed by atoms with Crippen LogP contribution in [0.4, 0.5) is 0 Å². The molecule has 0 aliphatic carbocycles. The average molecular weight is 323 g/mol. The summed E-state index contributed by atoms with van der Waals surface area (Å²) in [6.07, 6.45) is -1.17. The van der Waals surface area contributed by atoms with E-state index >= 15 is 0 Å². The number of halogens is 1. The molecule has 6 heteroatoms. The predicted molar refractivity (Wildman–Crippen MR) is 79.1 cm³/mol. The lowest BCUT2D eigenvalue weighted by Gasteiger charge is -2.17. The highest BCUT2D eigenvalue weighted by Gasteiger charge is 2.47. The Morgan fingerprint density at radius 3 is 2.55 bits per heavy atom. The fourth-order valence-corrected chi connectivity index (χ4v) is 2.17. The minimum atomic E-state index is -1.15. The normalized spacial score (nSPS) is 20.7. The maximum absolute atomic E-state index is 11.7. The van der Waals surface area contributed by atoms with Gasteiger partial charge < -0.3 is 14.6 Å². The van der Waals surface area contributed by atoms with Gasteiger partial charge >= 0.3 is 11.9 Å². The van der Waals surface area contributed by atoms with E-state index in [1.165, 1.54) is 0 Å². The first kappa shape index (κ1) is 16.3. The van der Waals surface area contributed by atoms with E-state index in [1.807, 2.05) is 0 Å². The van der Waals surface area contributed by atoms with Gasteiger partial charge in [0.05, 0.1) is 0 Å². The van der Waals surface area contributed by atoms with Crippen molar-refractivity contribution in [1.29, 1.82) is 0 Å². The first-order valence-electron chi connectivity index (χ1n) is 6.66. The number of esters is 1. The SMILES string of the molecule is CC1(C)OC(=O)[C@H]([C@@H](CC#Cc2ccc(Cl)cc2)C(=O)O)O1. The molecule has 1 aromatic rings. The smallest absolute Gasteiger partial charge is 0.338 e. The number of cyclic esters (lactones) is 1. The van der Waals surface area contributed by atoms with Gasteiger partial charge in [0, 0.05) is 30.9 Å². The average Bonchev–Trinajstić information content (AvgIpc) is 2.69. The third-order valence-corrected chi connectivity index (χ3v) is 3.32. The van der Waals surface area contributed by atoms with E-state index in [0.717, 1.165) is 0 Å². The van der Waals surface area contributed by atoms with Crippen molar-refractivity contribution < 1.29 is 24.2 Å². The molecule has 1 saturated heterocycles. The molecule has 0 saturated carbocycles. The first-order valence-corrected chi connectivity index (χ1v) is 7.04. The van der Waals surface area contributed by atoms with Crippen LogP contribution in [-0.4, -0.2) is 28.9 Å². The molecule has 1 fully saturated rings. The standard InChI is InChI=1S/C16H15ClO5/c1-16(2)21-13(15(20)22-16)12(14(18)19)5-3-4-10-6-8-11(17)9-7-10/h6-9,12-13H,5H2,1-2H3,(H,18,19)/t12-,13+/m1/s1. The Morgan fingerprint density at radius 1 is 1.41 bits per heavy atom. The Labute approximate surface area is 133 Å². The van der Waals surface area contributed by atoms with E-state index < -0.39 is 29.7 Å². The molecule has 0 spiro atoms. The van der Waals surface area contributed by atoms with Crippen molar-refractivity contribution in [1.82, 2.24) is 0 Å². The van der Waals surface area contributed by atoms with Crippen molar-refractivity contribution in [3.05, 3.63) is 34.9 Å². The molecule has 1 heterocycles. The van der Waals surface area contributed by atoms with Crippen molar-refractivity contribution in [2.45, 2.75) is 32.2 Å². The number of carboxylic acids is 1. The molecule has 22 heavy (non-hydrogen) atoms. The molecule has 1 aliphatic heterocycles. The van der Waals surface area contributed by atoms with E-state index in [0.29, 0.717) is 10.6 Å². The van der Waals surface area contributed by atoms with Gasteiger partial charge in [0.25, 0.3) is 0 Å². The predicted octanol–water partition coefficient (Wildman–Crippen LogP) is 2.46. The molecule has 0 radical (unpaired) electrons. The Balaban J connectivity index is 2.09. The quantitative estimate of drug-likeness (QED) is 0.683. The summed E-state index contributed by atoms with van der Waals surface area (Å²) in [6.45, 7) is 3.12. The van der Waals surface area contributed by atoms with Gasteiger partial charge in [0.2, 0.25) is 5.79 Å². The third kappa shape index (κ3) is 4.00. The number of benzene rings is 1. The highest BCUT2D eigenvalue weighted by atomic mass is 35.5. The number of rotatable bonds is 3. The van der Waals surface area contributed by atoms with Crippen LogP contribution in [-0.2, 0) is 19.1 Å². The van der Waals surface area contributed by atoms with E-state index in [2.05, 4.69) is 11.8 Å². The van der Waals surface area contributed by atoms with Crippen LogP contribution in [0.2, 0.25) is 5.02 Å². The monoisotopic (exact) mass is 322 g/mol. The third-order valence-electron chi connectivity index (χ3n) is 3.07. The van der Waals surface area contributed by atoms with Gasteiger partial charge in [0.15, 0.2) is 6.10 Å². The van der Waals surface area contributed by atoms with E-state index in [1.54, 1.807) is 38.1 Å². The lowest BCUT2D eigenvalue weighted by Crippen LogP contribution is -2.33. The van der Waals surface area contributed by atoms with Gasteiger partial charge in [-0.1, -0.05) is 23.4 Å². The highest BCUT2D eigenvalue weighted by molar-refractivity contribution is 6.30. The summed E-state index contributed by atoms with van der Waals surface area (Å²) in [5.41, 5.74) is 0.712. The minimum absolute atomic E-state index is 0.0200. The molecule has 1 aromatic carbocycles. The molecular weight excluding hydrogens is 308 g/mol. The zero-order valence-corrected chi connectivity index (χ0v) is 12.9. The molecule has 116 valence electrons. The fourth-order valence-electron chi connectivity index (χ4n) is 2.04. The highest BCUT2D eigenvalue weighted by Crippen LogP contribution is 2.29. The van der Waals surface area contributed by atoms with Crippen LogP contribution < -0.4 is 0 Å². The van der Waals surface area contributed by atoms with Crippen molar-refractivity contribution in [2.24, 2.45) is 5.92 Å². The topological polar surface area (TPSA) is 72.8 Å². The Kier molecular flexibility index (Phi) is 4.74. The summed E-state index contributed by atoms with van der Waals surface area (Å²) in [4.78, 5) is 23.1. The summed E-state index contributed by atoms with van der Waals surface area (Å²) in [6, 6.07) is 6.85. The largest absolute Gasteiger partial charge is 0.481 e. The first-order chi connectivity index (χ1) is 10.3. The van der Waals surface area contributed by atoms with E-state index in [-0.39, 0.29) is 6.42 Å². The van der Waals surface area contributed by atoms with Crippen LogP contribution in [0.5, 0.6) is 0 Å². The molecule has 0 aromatic heterocycles. The van der Waals surface area contributed by atoms with Crippen molar-refractivity contribution in [3.8, 4) is 11.8 Å². The van der Waals surface area contributed by atoms with Crippen molar-refractivity contribution in [2.75, 3.05) is 0 Å². The van der Waals surface area contributed by atoms with Crippen LogP contribution in [0.1, 0.15) is 25.8 Å². The lowest BCUT2D eigenvalue weighted by molar-refractivity contribution is -0.163.